The quantitative estimate of drug-likeness (QED) is 0.814. The second kappa shape index (κ2) is 7.27. The molecular formula is C17H18BrNO2. The molecule has 0 atom stereocenters. The number of amides is 1. The molecule has 0 heterocycles. The Labute approximate surface area is 133 Å². The number of carbonyl (C=O) groups is 1. The maximum absolute atomic E-state index is 12.5. The van der Waals surface area contributed by atoms with Crippen LogP contribution in [-0.2, 0) is 6.54 Å². The van der Waals surface area contributed by atoms with Gasteiger partial charge in [-0.1, -0.05) is 30.3 Å². The fourth-order valence-corrected chi connectivity index (χ4v) is 2.55. The largest absolute Gasteiger partial charge is 0.494 e. The third-order valence-electron chi connectivity index (χ3n) is 3.13. The number of nitrogens with zero attached hydrogens (tertiary/aromatic N) is 1. The molecule has 2 aromatic carbocycles. The fourth-order valence-electron chi connectivity index (χ4n) is 2.10. The lowest BCUT2D eigenvalue weighted by Gasteiger charge is -2.20. The van der Waals surface area contributed by atoms with Crippen LogP contribution in [0.1, 0.15) is 22.8 Å². The van der Waals surface area contributed by atoms with Crippen LogP contribution < -0.4 is 4.74 Å². The normalized spacial score (nSPS) is 10.2. The summed E-state index contributed by atoms with van der Waals surface area (Å²) in [5, 5.41) is 0. The molecule has 21 heavy (non-hydrogen) atoms. The molecule has 0 saturated carbocycles. The minimum Gasteiger partial charge on any atom is -0.494 e. The van der Waals surface area contributed by atoms with E-state index in [9.17, 15) is 4.79 Å². The number of hydrogen-bond acceptors (Lipinski definition) is 2. The van der Waals surface area contributed by atoms with Crippen molar-refractivity contribution in [2.24, 2.45) is 0 Å². The van der Waals surface area contributed by atoms with Gasteiger partial charge in [-0.3, -0.25) is 4.79 Å². The van der Waals surface area contributed by atoms with Crippen LogP contribution >= 0.6 is 15.9 Å². The first-order valence-corrected chi connectivity index (χ1v) is 7.63. The minimum absolute atomic E-state index is 0.0197. The molecule has 0 spiro atoms. The van der Waals surface area contributed by atoms with E-state index < -0.39 is 0 Å². The van der Waals surface area contributed by atoms with Gasteiger partial charge in [0.1, 0.15) is 5.75 Å². The maximum atomic E-state index is 12.5. The summed E-state index contributed by atoms with van der Waals surface area (Å²) in [4.78, 5) is 14.2. The second-order valence-electron chi connectivity index (χ2n) is 4.68. The molecule has 0 N–H and O–H groups in total. The molecule has 0 saturated heterocycles. The van der Waals surface area contributed by atoms with Crippen molar-refractivity contribution in [1.82, 2.24) is 4.90 Å². The van der Waals surface area contributed by atoms with Crippen LogP contribution in [0.5, 0.6) is 5.75 Å². The molecule has 0 fully saturated rings. The Hall–Kier alpha value is -1.81. The lowest BCUT2D eigenvalue weighted by molar-refractivity contribution is 0.0783. The van der Waals surface area contributed by atoms with E-state index in [0.717, 1.165) is 15.8 Å². The molecule has 110 valence electrons. The van der Waals surface area contributed by atoms with Crippen molar-refractivity contribution < 1.29 is 9.53 Å². The van der Waals surface area contributed by atoms with Gasteiger partial charge in [0.25, 0.3) is 5.91 Å². The predicted molar refractivity (Wildman–Crippen MR) is 87.6 cm³/mol. The number of benzene rings is 2. The van der Waals surface area contributed by atoms with Crippen molar-refractivity contribution in [2.75, 3.05) is 13.7 Å². The van der Waals surface area contributed by atoms with E-state index in [1.54, 1.807) is 11.9 Å². The second-order valence-corrected chi connectivity index (χ2v) is 5.54. The van der Waals surface area contributed by atoms with Crippen LogP contribution in [-0.4, -0.2) is 24.5 Å². The van der Waals surface area contributed by atoms with Crippen LogP contribution in [0.25, 0.3) is 0 Å². The molecular weight excluding hydrogens is 330 g/mol. The molecule has 0 aliphatic heterocycles. The average Bonchev–Trinajstić information content (AvgIpc) is 2.49. The number of carbonyl (C=O) groups excluding carboxylic acids is 1. The number of halogens is 1. The van der Waals surface area contributed by atoms with Gasteiger partial charge in [-0.05, 0) is 41.1 Å². The molecule has 0 unspecified atom stereocenters. The van der Waals surface area contributed by atoms with Gasteiger partial charge >= 0.3 is 0 Å². The Balaban J connectivity index is 2.17. The van der Waals surface area contributed by atoms with Gasteiger partial charge in [-0.25, -0.2) is 0 Å². The molecule has 0 aliphatic rings. The zero-order chi connectivity index (χ0) is 15.2. The summed E-state index contributed by atoms with van der Waals surface area (Å²) in [6.45, 7) is 3.07. The summed E-state index contributed by atoms with van der Waals surface area (Å²) in [6.07, 6.45) is 0. The highest BCUT2D eigenvalue weighted by molar-refractivity contribution is 9.10. The van der Waals surface area contributed by atoms with Gasteiger partial charge < -0.3 is 9.64 Å². The van der Waals surface area contributed by atoms with E-state index in [1.165, 1.54) is 0 Å². The van der Waals surface area contributed by atoms with Crippen LogP contribution in [0.4, 0.5) is 0 Å². The Morgan fingerprint density at radius 3 is 2.52 bits per heavy atom. The van der Waals surface area contributed by atoms with Gasteiger partial charge in [0.15, 0.2) is 0 Å². The van der Waals surface area contributed by atoms with E-state index in [2.05, 4.69) is 15.9 Å². The Morgan fingerprint density at radius 1 is 1.14 bits per heavy atom. The number of hydrogen-bond donors (Lipinski definition) is 0. The number of rotatable bonds is 5. The average molecular weight is 348 g/mol. The van der Waals surface area contributed by atoms with Crippen LogP contribution in [0.3, 0.4) is 0 Å². The molecule has 3 nitrogen and oxygen atoms in total. The van der Waals surface area contributed by atoms with Gasteiger partial charge in [0.05, 0.1) is 12.2 Å². The molecule has 2 aromatic rings. The standard InChI is InChI=1S/C17H18BrNO2/c1-3-21-16-11-7-4-8-13(16)12-19(2)17(20)14-9-5-6-10-15(14)18/h4-11H,3,12H2,1-2H3. The first kappa shape index (κ1) is 15.6. The minimum atomic E-state index is -0.0197. The van der Waals surface area contributed by atoms with Crippen LogP contribution in [0.2, 0.25) is 0 Å². The van der Waals surface area contributed by atoms with Gasteiger partial charge in [0, 0.05) is 23.6 Å². The van der Waals surface area contributed by atoms with E-state index in [0.29, 0.717) is 18.7 Å². The van der Waals surface area contributed by atoms with Crippen molar-refractivity contribution in [3.05, 3.63) is 64.1 Å². The summed E-state index contributed by atoms with van der Waals surface area (Å²) in [7, 11) is 1.80. The van der Waals surface area contributed by atoms with E-state index in [1.807, 2.05) is 55.5 Å². The highest BCUT2D eigenvalue weighted by Crippen LogP contribution is 2.22. The van der Waals surface area contributed by atoms with Crippen molar-refractivity contribution >= 4 is 21.8 Å². The fraction of sp³-hybridized carbons (Fsp3) is 0.235. The van der Waals surface area contributed by atoms with Gasteiger partial charge in [-0.2, -0.15) is 0 Å². The van der Waals surface area contributed by atoms with E-state index in [-0.39, 0.29) is 5.91 Å². The summed E-state index contributed by atoms with van der Waals surface area (Å²) in [5.74, 6) is 0.806. The monoisotopic (exact) mass is 347 g/mol. The summed E-state index contributed by atoms with van der Waals surface area (Å²) in [5.41, 5.74) is 1.66. The van der Waals surface area contributed by atoms with Gasteiger partial charge in [-0.15, -0.1) is 0 Å². The predicted octanol–water partition coefficient (Wildman–Crippen LogP) is 4.12. The summed E-state index contributed by atoms with van der Waals surface area (Å²) >= 11 is 3.42. The maximum Gasteiger partial charge on any atom is 0.255 e. The Morgan fingerprint density at radius 2 is 1.81 bits per heavy atom. The van der Waals surface area contributed by atoms with Crippen LogP contribution in [0, 0.1) is 0 Å². The smallest absolute Gasteiger partial charge is 0.255 e. The molecule has 0 bridgehead atoms. The van der Waals surface area contributed by atoms with Crippen molar-refractivity contribution in [3.8, 4) is 5.75 Å². The van der Waals surface area contributed by atoms with E-state index in [4.69, 9.17) is 4.74 Å². The zero-order valence-electron chi connectivity index (χ0n) is 12.2. The van der Waals surface area contributed by atoms with E-state index >= 15 is 0 Å². The molecule has 1 amide bonds. The lowest BCUT2D eigenvalue weighted by Crippen LogP contribution is -2.26. The van der Waals surface area contributed by atoms with Crippen molar-refractivity contribution in [2.45, 2.75) is 13.5 Å². The molecule has 0 radical (unpaired) electrons. The number of ether oxygens (including phenoxy) is 1. The highest BCUT2D eigenvalue weighted by atomic mass is 79.9. The summed E-state index contributed by atoms with van der Waals surface area (Å²) in [6, 6.07) is 15.2. The summed E-state index contributed by atoms with van der Waals surface area (Å²) < 4.78 is 6.41. The van der Waals surface area contributed by atoms with Gasteiger partial charge in [0.2, 0.25) is 0 Å². The number of para-hydroxylation sites is 1. The topological polar surface area (TPSA) is 29.5 Å². The Bertz CT molecular complexity index is 628. The third kappa shape index (κ3) is 3.85. The lowest BCUT2D eigenvalue weighted by atomic mass is 10.1. The zero-order valence-corrected chi connectivity index (χ0v) is 13.8. The molecule has 0 aromatic heterocycles. The molecule has 0 aliphatic carbocycles. The first-order valence-electron chi connectivity index (χ1n) is 6.84. The molecule has 4 heteroatoms. The Kier molecular flexibility index (Phi) is 5.39. The third-order valence-corrected chi connectivity index (χ3v) is 3.82. The van der Waals surface area contributed by atoms with Crippen molar-refractivity contribution in [1.29, 1.82) is 0 Å². The SMILES string of the molecule is CCOc1ccccc1CN(C)C(=O)c1ccccc1Br. The first-order chi connectivity index (χ1) is 10.1. The van der Waals surface area contributed by atoms with Crippen molar-refractivity contribution in [3.63, 3.8) is 0 Å². The molecule has 2 rings (SSSR count). The highest BCUT2D eigenvalue weighted by Gasteiger charge is 2.16. The van der Waals surface area contributed by atoms with Crippen LogP contribution in [0.15, 0.2) is 53.0 Å².